The Kier molecular flexibility index (Phi) is 3.13. The summed E-state index contributed by atoms with van der Waals surface area (Å²) in [4.78, 5) is 25.4. The highest BCUT2D eigenvalue weighted by molar-refractivity contribution is 6.09. The van der Waals surface area contributed by atoms with E-state index in [-0.39, 0.29) is 5.91 Å². The number of aromatic amines is 1. The zero-order chi connectivity index (χ0) is 16.8. The Hall–Kier alpha value is -3.15. The van der Waals surface area contributed by atoms with Crippen molar-refractivity contribution in [2.75, 3.05) is 0 Å². The molecule has 2 amide bonds. The van der Waals surface area contributed by atoms with E-state index in [0.29, 0.717) is 24.3 Å². The number of nitrogens with one attached hydrogen (secondary N) is 1. The molecule has 0 radical (unpaired) electrons. The predicted octanol–water partition coefficient (Wildman–Crippen LogP) is 2.19. The number of nitrogens with two attached hydrogens (primary N) is 1. The van der Waals surface area contributed by atoms with Crippen molar-refractivity contribution in [1.82, 2.24) is 15.1 Å². The third kappa shape index (κ3) is 2.07. The Morgan fingerprint density at radius 2 is 1.96 bits per heavy atom. The summed E-state index contributed by atoms with van der Waals surface area (Å²) in [5.74, 6) is -0.479. The SMILES string of the molecule is CC(=O)N1Cc2[nH]nc(-c3c(C(N)=O)ccc4ccccc34)c2C1. The molecule has 0 unspecified atom stereocenters. The molecule has 6 heteroatoms. The van der Waals surface area contributed by atoms with Gasteiger partial charge in [-0.1, -0.05) is 30.3 Å². The number of carbonyl (C=O) groups is 2. The van der Waals surface area contributed by atoms with Gasteiger partial charge in [0.2, 0.25) is 11.8 Å². The summed E-state index contributed by atoms with van der Waals surface area (Å²) in [7, 11) is 0. The number of carbonyl (C=O) groups excluding carboxylic acids is 2. The average molecular weight is 320 g/mol. The van der Waals surface area contributed by atoms with Crippen LogP contribution in [0.15, 0.2) is 36.4 Å². The van der Waals surface area contributed by atoms with Crippen LogP contribution in [0.4, 0.5) is 0 Å². The van der Waals surface area contributed by atoms with Crippen LogP contribution in [0, 0.1) is 0 Å². The number of amides is 2. The highest BCUT2D eigenvalue weighted by Gasteiger charge is 2.29. The van der Waals surface area contributed by atoms with Gasteiger partial charge in [0.25, 0.3) is 0 Å². The van der Waals surface area contributed by atoms with Crippen molar-refractivity contribution in [2.45, 2.75) is 20.0 Å². The van der Waals surface area contributed by atoms with Gasteiger partial charge < -0.3 is 10.6 Å². The predicted molar refractivity (Wildman–Crippen MR) is 90.0 cm³/mol. The molecule has 4 rings (SSSR count). The molecule has 0 bridgehead atoms. The molecule has 120 valence electrons. The Bertz CT molecular complexity index is 990. The smallest absolute Gasteiger partial charge is 0.249 e. The van der Waals surface area contributed by atoms with Crippen molar-refractivity contribution in [3.05, 3.63) is 53.2 Å². The van der Waals surface area contributed by atoms with Crippen molar-refractivity contribution in [2.24, 2.45) is 5.73 Å². The normalized spacial score (nSPS) is 13.3. The van der Waals surface area contributed by atoms with E-state index in [9.17, 15) is 9.59 Å². The Labute approximate surface area is 138 Å². The number of benzene rings is 2. The quantitative estimate of drug-likeness (QED) is 0.758. The lowest BCUT2D eigenvalue weighted by molar-refractivity contribution is -0.129. The fourth-order valence-electron chi connectivity index (χ4n) is 3.30. The molecule has 2 aromatic carbocycles. The Morgan fingerprint density at radius 1 is 1.17 bits per heavy atom. The van der Waals surface area contributed by atoms with Gasteiger partial charge in [0.05, 0.1) is 24.5 Å². The molecular formula is C18H16N4O2. The fourth-order valence-corrected chi connectivity index (χ4v) is 3.30. The maximum absolute atomic E-state index is 12.0. The van der Waals surface area contributed by atoms with E-state index in [0.717, 1.165) is 27.6 Å². The molecular weight excluding hydrogens is 304 g/mol. The summed E-state index contributed by atoms with van der Waals surface area (Å²) in [5.41, 5.74) is 9.30. The van der Waals surface area contributed by atoms with Gasteiger partial charge in [-0.2, -0.15) is 5.10 Å². The maximum Gasteiger partial charge on any atom is 0.249 e. The molecule has 1 aromatic heterocycles. The summed E-state index contributed by atoms with van der Waals surface area (Å²) < 4.78 is 0. The van der Waals surface area contributed by atoms with E-state index in [2.05, 4.69) is 10.2 Å². The highest BCUT2D eigenvalue weighted by atomic mass is 16.2. The number of rotatable bonds is 2. The molecule has 0 atom stereocenters. The average Bonchev–Trinajstić information content (AvgIpc) is 3.14. The molecule has 3 N–H and O–H groups in total. The summed E-state index contributed by atoms with van der Waals surface area (Å²) in [6, 6.07) is 11.4. The number of hydrogen-bond donors (Lipinski definition) is 2. The third-order valence-electron chi connectivity index (χ3n) is 4.53. The van der Waals surface area contributed by atoms with Gasteiger partial charge in [0.1, 0.15) is 0 Å². The van der Waals surface area contributed by atoms with Crippen LogP contribution >= 0.6 is 0 Å². The monoisotopic (exact) mass is 320 g/mol. The zero-order valence-electron chi connectivity index (χ0n) is 13.2. The minimum atomic E-state index is -0.492. The van der Waals surface area contributed by atoms with Crippen LogP contribution in [0.5, 0.6) is 0 Å². The van der Waals surface area contributed by atoms with Crippen molar-refractivity contribution >= 4 is 22.6 Å². The van der Waals surface area contributed by atoms with E-state index in [4.69, 9.17) is 5.73 Å². The summed E-state index contributed by atoms with van der Waals surface area (Å²) in [6.45, 7) is 2.54. The number of nitrogens with zero attached hydrogens (tertiary/aromatic N) is 2. The van der Waals surface area contributed by atoms with Crippen molar-refractivity contribution in [3.8, 4) is 11.3 Å². The summed E-state index contributed by atoms with van der Waals surface area (Å²) >= 11 is 0. The zero-order valence-corrected chi connectivity index (χ0v) is 13.2. The van der Waals surface area contributed by atoms with Gasteiger partial charge in [-0.25, -0.2) is 0 Å². The van der Waals surface area contributed by atoms with Gasteiger partial charge >= 0.3 is 0 Å². The van der Waals surface area contributed by atoms with E-state index in [1.54, 1.807) is 17.9 Å². The largest absolute Gasteiger partial charge is 0.366 e. The van der Waals surface area contributed by atoms with E-state index in [1.165, 1.54) is 0 Å². The molecule has 0 saturated carbocycles. The summed E-state index contributed by atoms with van der Waals surface area (Å²) in [5, 5.41) is 9.36. The number of H-pyrrole nitrogens is 1. The second kappa shape index (κ2) is 5.19. The lowest BCUT2D eigenvalue weighted by Gasteiger charge is -2.14. The molecule has 24 heavy (non-hydrogen) atoms. The Morgan fingerprint density at radius 3 is 2.71 bits per heavy atom. The van der Waals surface area contributed by atoms with Gasteiger partial charge in [-0.15, -0.1) is 0 Å². The van der Waals surface area contributed by atoms with Crippen molar-refractivity contribution in [3.63, 3.8) is 0 Å². The van der Waals surface area contributed by atoms with Crippen LogP contribution in [-0.2, 0) is 17.9 Å². The number of aromatic nitrogens is 2. The van der Waals surface area contributed by atoms with Crippen molar-refractivity contribution in [1.29, 1.82) is 0 Å². The molecule has 0 spiro atoms. The van der Waals surface area contributed by atoms with Gasteiger partial charge in [0, 0.05) is 23.6 Å². The second-order valence-electron chi connectivity index (χ2n) is 5.98. The number of fused-ring (bicyclic) bond motifs is 2. The number of primary amides is 1. The molecule has 0 fully saturated rings. The molecule has 3 aromatic rings. The maximum atomic E-state index is 12.0. The topological polar surface area (TPSA) is 92.1 Å². The lowest BCUT2D eigenvalue weighted by Crippen LogP contribution is -2.22. The van der Waals surface area contributed by atoms with E-state index >= 15 is 0 Å². The van der Waals surface area contributed by atoms with Gasteiger partial charge in [-0.05, 0) is 16.8 Å². The molecule has 6 nitrogen and oxygen atoms in total. The molecule has 1 aliphatic rings. The minimum absolute atomic E-state index is 0.0126. The van der Waals surface area contributed by atoms with Crippen LogP contribution < -0.4 is 5.73 Å². The molecule has 2 heterocycles. The van der Waals surface area contributed by atoms with E-state index < -0.39 is 5.91 Å². The van der Waals surface area contributed by atoms with Crippen LogP contribution in [-0.4, -0.2) is 26.9 Å². The standard InChI is InChI=1S/C18H16N4O2/c1-10(23)22-8-14-15(9-22)20-21-17(14)16-12-5-3-2-4-11(12)6-7-13(16)18(19)24/h2-7H,8-9H2,1H3,(H2,19,24)(H,20,21). The fraction of sp³-hybridized carbons (Fsp3) is 0.167. The first-order valence-electron chi connectivity index (χ1n) is 7.70. The first kappa shape index (κ1) is 14.4. The number of hydrogen-bond acceptors (Lipinski definition) is 3. The Balaban J connectivity index is 1.97. The first-order chi connectivity index (χ1) is 11.6. The molecule has 0 aliphatic carbocycles. The van der Waals surface area contributed by atoms with Crippen LogP contribution in [0.1, 0.15) is 28.5 Å². The second-order valence-corrected chi connectivity index (χ2v) is 5.98. The van der Waals surface area contributed by atoms with Gasteiger partial charge in [-0.3, -0.25) is 14.7 Å². The molecule has 0 saturated heterocycles. The minimum Gasteiger partial charge on any atom is -0.366 e. The summed E-state index contributed by atoms with van der Waals surface area (Å²) in [6.07, 6.45) is 0. The van der Waals surface area contributed by atoms with Crippen molar-refractivity contribution < 1.29 is 9.59 Å². The van der Waals surface area contributed by atoms with Crippen LogP contribution in [0.3, 0.4) is 0 Å². The first-order valence-corrected chi connectivity index (χ1v) is 7.70. The van der Waals surface area contributed by atoms with Gasteiger partial charge in [0.15, 0.2) is 0 Å². The van der Waals surface area contributed by atoms with Crippen LogP contribution in [0.25, 0.3) is 22.0 Å². The third-order valence-corrected chi connectivity index (χ3v) is 4.53. The lowest BCUT2D eigenvalue weighted by atomic mass is 9.94. The molecule has 1 aliphatic heterocycles. The van der Waals surface area contributed by atoms with E-state index in [1.807, 2.05) is 30.3 Å². The van der Waals surface area contributed by atoms with Crippen LogP contribution in [0.2, 0.25) is 0 Å². The highest BCUT2D eigenvalue weighted by Crippen LogP contribution is 2.36.